The molecule has 9 heavy (non-hydrogen) atoms. The summed E-state index contributed by atoms with van der Waals surface area (Å²) >= 11 is 0. The molecule has 0 aromatic carbocycles. The van der Waals surface area contributed by atoms with Gasteiger partial charge in [0.2, 0.25) is 0 Å². The van der Waals surface area contributed by atoms with E-state index < -0.39 is 0 Å². The molecule has 1 heteroatoms. The molecule has 0 aromatic rings. The molecule has 0 saturated heterocycles. The van der Waals surface area contributed by atoms with Crippen LogP contribution in [0.2, 0.25) is 0 Å². The molecule has 0 bridgehead atoms. The number of hydrogen-bond donors (Lipinski definition) is 1. The van der Waals surface area contributed by atoms with Crippen LogP contribution in [0.4, 0.5) is 0 Å². The summed E-state index contributed by atoms with van der Waals surface area (Å²) in [5.41, 5.74) is 5.74. The molecule has 1 nitrogen and oxygen atoms in total. The van der Waals surface area contributed by atoms with E-state index >= 15 is 0 Å². The Morgan fingerprint density at radius 2 is 1.44 bits per heavy atom. The summed E-state index contributed by atoms with van der Waals surface area (Å²) in [5.74, 6) is 0. The zero-order chi connectivity index (χ0) is 7.91. The van der Waals surface area contributed by atoms with Gasteiger partial charge in [0.1, 0.15) is 0 Å². The van der Waals surface area contributed by atoms with E-state index in [0.717, 1.165) is 13.0 Å². The van der Waals surface area contributed by atoms with Crippen LogP contribution < -0.4 is 5.73 Å². The van der Waals surface area contributed by atoms with Gasteiger partial charge in [0.25, 0.3) is 0 Å². The average Bonchev–Trinajstić information content (AvgIpc) is 1.69. The average molecular weight is 131 g/mol. The lowest BCUT2D eigenvalue weighted by Crippen LogP contribution is -2.12. The standard InChI is InChI=1S/C6H15N.C2H6/c1-6(2,3)4-5-7;1-2/h4-5,7H2,1-3H3;1-2H3. The van der Waals surface area contributed by atoms with Crippen molar-refractivity contribution >= 4 is 0 Å². The normalized spacial score (nSPS) is 10.0. The molecule has 0 aliphatic carbocycles. The highest BCUT2D eigenvalue weighted by molar-refractivity contribution is 4.60. The Kier molecular flexibility index (Phi) is 7.92. The first-order chi connectivity index (χ1) is 4.06. The van der Waals surface area contributed by atoms with Crippen LogP contribution in [0, 0.1) is 5.41 Å². The minimum atomic E-state index is 0.425. The van der Waals surface area contributed by atoms with Gasteiger partial charge in [0.05, 0.1) is 0 Å². The fourth-order valence-corrected chi connectivity index (χ4v) is 0.433. The molecule has 2 N–H and O–H groups in total. The minimum absolute atomic E-state index is 0.425. The quantitative estimate of drug-likeness (QED) is 0.581. The minimum Gasteiger partial charge on any atom is -0.330 e. The van der Waals surface area contributed by atoms with Gasteiger partial charge in [-0.05, 0) is 18.4 Å². The van der Waals surface area contributed by atoms with E-state index in [9.17, 15) is 0 Å². The lowest BCUT2D eigenvalue weighted by Gasteiger charge is -2.15. The highest BCUT2D eigenvalue weighted by Crippen LogP contribution is 2.15. The van der Waals surface area contributed by atoms with Crippen LogP contribution >= 0.6 is 0 Å². The predicted octanol–water partition coefficient (Wildman–Crippen LogP) is 2.41. The van der Waals surface area contributed by atoms with Gasteiger partial charge in [0, 0.05) is 0 Å². The zero-order valence-electron chi connectivity index (χ0n) is 7.49. The van der Waals surface area contributed by atoms with Crippen LogP contribution in [0.15, 0.2) is 0 Å². The monoisotopic (exact) mass is 131 g/mol. The highest BCUT2D eigenvalue weighted by Gasteiger charge is 2.06. The van der Waals surface area contributed by atoms with Crippen molar-refractivity contribution in [2.75, 3.05) is 6.54 Å². The van der Waals surface area contributed by atoms with Gasteiger partial charge in [-0.15, -0.1) is 0 Å². The van der Waals surface area contributed by atoms with E-state index in [1.54, 1.807) is 0 Å². The zero-order valence-corrected chi connectivity index (χ0v) is 7.49. The Morgan fingerprint density at radius 1 is 1.11 bits per heavy atom. The predicted molar refractivity (Wildman–Crippen MR) is 44.5 cm³/mol. The number of hydrogen-bond acceptors (Lipinski definition) is 1. The molecular weight excluding hydrogens is 110 g/mol. The van der Waals surface area contributed by atoms with Gasteiger partial charge in [-0.2, -0.15) is 0 Å². The van der Waals surface area contributed by atoms with E-state index in [2.05, 4.69) is 20.8 Å². The van der Waals surface area contributed by atoms with Gasteiger partial charge in [-0.3, -0.25) is 0 Å². The van der Waals surface area contributed by atoms with Crippen molar-refractivity contribution in [3.8, 4) is 0 Å². The molecule has 0 radical (unpaired) electrons. The largest absolute Gasteiger partial charge is 0.330 e. The smallest absolute Gasteiger partial charge is 0.00723 e. The molecule has 58 valence electrons. The maximum Gasteiger partial charge on any atom is -0.00723 e. The van der Waals surface area contributed by atoms with Crippen LogP contribution in [-0.4, -0.2) is 6.54 Å². The molecule has 0 aromatic heterocycles. The summed E-state index contributed by atoms with van der Waals surface area (Å²) in [7, 11) is 0. The van der Waals surface area contributed by atoms with Gasteiger partial charge >= 0.3 is 0 Å². The SMILES string of the molecule is CC.CC(C)(C)CCN. The summed E-state index contributed by atoms with van der Waals surface area (Å²) in [6.07, 6.45) is 1.12. The summed E-state index contributed by atoms with van der Waals surface area (Å²) in [5, 5.41) is 0. The topological polar surface area (TPSA) is 26.0 Å². The van der Waals surface area contributed by atoms with Crippen LogP contribution in [-0.2, 0) is 0 Å². The van der Waals surface area contributed by atoms with E-state index in [1.165, 1.54) is 0 Å². The van der Waals surface area contributed by atoms with Crippen molar-refractivity contribution < 1.29 is 0 Å². The first kappa shape index (κ1) is 11.7. The van der Waals surface area contributed by atoms with Crippen molar-refractivity contribution in [2.45, 2.75) is 41.0 Å². The van der Waals surface area contributed by atoms with Crippen LogP contribution in [0.1, 0.15) is 41.0 Å². The molecule has 0 heterocycles. The second-order valence-corrected chi connectivity index (χ2v) is 3.10. The fraction of sp³-hybridized carbons (Fsp3) is 1.00. The second-order valence-electron chi connectivity index (χ2n) is 3.10. The van der Waals surface area contributed by atoms with Crippen LogP contribution in [0.3, 0.4) is 0 Å². The lowest BCUT2D eigenvalue weighted by molar-refractivity contribution is 0.385. The molecule has 0 atom stereocenters. The molecule has 0 aliphatic heterocycles. The highest BCUT2D eigenvalue weighted by atomic mass is 14.5. The van der Waals surface area contributed by atoms with Crippen molar-refractivity contribution in [3.05, 3.63) is 0 Å². The van der Waals surface area contributed by atoms with Crippen molar-refractivity contribution in [2.24, 2.45) is 11.1 Å². The summed E-state index contributed by atoms with van der Waals surface area (Å²) in [6, 6.07) is 0. The Bertz CT molecular complexity index is 43.0. The molecule has 0 spiro atoms. The Morgan fingerprint density at radius 3 is 1.44 bits per heavy atom. The van der Waals surface area contributed by atoms with Crippen molar-refractivity contribution in [1.82, 2.24) is 0 Å². The third kappa shape index (κ3) is 18.0. The van der Waals surface area contributed by atoms with Crippen molar-refractivity contribution in [3.63, 3.8) is 0 Å². The molecule has 0 aliphatic rings. The molecule has 0 amide bonds. The Labute approximate surface area is 59.6 Å². The maximum atomic E-state index is 5.31. The first-order valence-electron chi connectivity index (χ1n) is 3.76. The van der Waals surface area contributed by atoms with Crippen LogP contribution in [0.25, 0.3) is 0 Å². The third-order valence-corrected chi connectivity index (χ3v) is 0.894. The summed E-state index contributed by atoms with van der Waals surface area (Å²) in [6.45, 7) is 11.4. The lowest BCUT2D eigenvalue weighted by atomic mass is 9.93. The second kappa shape index (κ2) is 6.09. The van der Waals surface area contributed by atoms with Gasteiger partial charge in [-0.25, -0.2) is 0 Å². The van der Waals surface area contributed by atoms with Crippen LogP contribution in [0.5, 0.6) is 0 Å². The molecule has 0 unspecified atom stereocenters. The molecular formula is C8H21N. The Hall–Kier alpha value is -0.0400. The fourth-order valence-electron chi connectivity index (χ4n) is 0.433. The molecule has 0 saturated carbocycles. The van der Waals surface area contributed by atoms with E-state index in [1.807, 2.05) is 13.8 Å². The van der Waals surface area contributed by atoms with E-state index in [4.69, 9.17) is 5.73 Å². The number of rotatable bonds is 1. The van der Waals surface area contributed by atoms with Gasteiger partial charge < -0.3 is 5.73 Å². The number of nitrogens with two attached hydrogens (primary N) is 1. The molecule has 0 fully saturated rings. The maximum absolute atomic E-state index is 5.31. The Balaban J connectivity index is 0. The van der Waals surface area contributed by atoms with E-state index in [-0.39, 0.29) is 0 Å². The van der Waals surface area contributed by atoms with E-state index in [0.29, 0.717) is 5.41 Å². The third-order valence-electron chi connectivity index (χ3n) is 0.894. The van der Waals surface area contributed by atoms with Crippen molar-refractivity contribution in [1.29, 1.82) is 0 Å². The molecule has 0 rings (SSSR count). The van der Waals surface area contributed by atoms with Gasteiger partial charge in [0.15, 0.2) is 0 Å². The first-order valence-corrected chi connectivity index (χ1v) is 3.76. The summed E-state index contributed by atoms with van der Waals surface area (Å²) in [4.78, 5) is 0. The van der Waals surface area contributed by atoms with Gasteiger partial charge in [-0.1, -0.05) is 34.6 Å². The summed E-state index contributed by atoms with van der Waals surface area (Å²) < 4.78 is 0.